The lowest BCUT2D eigenvalue weighted by molar-refractivity contribution is -0.141. The largest absolute Gasteiger partial charge is 0.480 e. The third-order valence-corrected chi connectivity index (χ3v) is 3.32. The van der Waals surface area contributed by atoms with Gasteiger partial charge in [0, 0.05) is 0 Å². The molecule has 0 radical (unpaired) electrons. The van der Waals surface area contributed by atoms with E-state index < -0.39 is 35.8 Å². The highest BCUT2D eigenvalue weighted by atomic mass is 16.4. The van der Waals surface area contributed by atoms with E-state index >= 15 is 0 Å². The number of nitrogens with zero attached hydrogens (tertiary/aromatic N) is 1. The maximum Gasteiger partial charge on any atom is 0.325 e. The van der Waals surface area contributed by atoms with Crippen LogP contribution in [0.25, 0.3) is 0 Å². The normalized spacial score (nSPS) is 16.4. The molecule has 2 unspecified atom stereocenters. The lowest BCUT2D eigenvalue weighted by atomic mass is 10.1. The summed E-state index contributed by atoms with van der Waals surface area (Å²) < 4.78 is 0. The number of nitrogens with one attached hydrogen (secondary N) is 1. The van der Waals surface area contributed by atoms with Crippen LogP contribution in [0.3, 0.4) is 0 Å². The zero-order chi connectivity index (χ0) is 15.7. The van der Waals surface area contributed by atoms with Gasteiger partial charge in [-0.25, -0.2) is 0 Å². The van der Waals surface area contributed by atoms with Crippen molar-refractivity contribution in [3.63, 3.8) is 0 Å². The second kappa shape index (κ2) is 5.35. The predicted molar refractivity (Wildman–Crippen MR) is 71.6 cm³/mol. The number of rotatable bonds is 4. The first-order chi connectivity index (χ1) is 9.84. The van der Waals surface area contributed by atoms with Crippen molar-refractivity contribution in [2.24, 2.45) is 0 Å². The second-order valence-corrected chi connectivity index (χ2v) is 4.77. The van der Waals surface area contributed by atoms with Gasteiger partial charge < -0.3 is 10.4 Å². The molecule has 0 aliphatic carbocycles. The second-order valence-electron chi connectivity index (χ2n) is 4.77. The Balaban J connectivity index is 2.20. The lowest BCUT2D eigenvalue weighted by Crippen LogP contribution is -2.51. The molecule has 1 aliphatic rings. The Bertz CT molecular complexity index is 605. The van der Waals surface area contributed by atoms with Gasteiger partial charge in [-0.1, -0.05) is 12.1 Å². The van der Waals surface area contributed by atoms with Crippen molar-refractivity contribution in [2.45, 2.75) is 25.9 Å². The third-order valence-electron chi connectivity index (χ3n) is 3.32. The first-order valence-corrected chi connectivity index (χ1v) is 6.34. The molecule has 0 bridgehead atoms. The van der Waals surface area contributed by atoms with Crippen LogP contribution in [0.2, 0.25) is 0 Å². The summed E-state index contributed by atoms with van der Waals surface area (Å²) in [4.78, 5) is 47.9. The maximum absolute atomic E-state index is 12.2. The van der Waals surface area contributed by atoms with Gasteiger partial charge in [0.2, 0.25) is 5.91 Å². The molecule has 2 rings (SSSR count). The quantitative estimate of drug-likeness (QED) is 0.774. The minimum Gasteiger partial charge on any atom is -0.480 e. The number of benzene rings is 1. The molecule has 110 valence electrons. The van der Waals surface area contributed by atoms with Crippen LogP contribution in [0.1, 0.15) is 34.6 Å². The van der Waals surface area contributed by atoms with Gasteiger partial charge in [-0.2, -0.15) is 0 Å². The standard InChI is InChI=1S/C14H14N2O5/c1-7(14(20)21)15-11(17)8(2)16-12(18)9-5-3-4-6-10(9)13(16)19/h3-8H,1-2H3,(H,15,17)(H,20,21). The van der Waals surface area contributed by atoms with Gasteiger partial charge in [0.1, 0.15) is 12.1 Å². The zero-order valence-electron chi connectivity index (χ0n) is 11.5. The van der Waals surface area contributed by atoms with Crippen LogP contribution >= 0.6 is 0 Å². The van der Waals surface area contributed by atoms with Crippen LogP contribution in [0, 0.1) is 0 Å². The third kappa shape index (κ3) is 2.49. The van der Waals surface area contributed by atoms with Crippen molar-refractivity contribution in [1.82, 2.24) is 10.2 Å². The van der Waals surface area contributed by atoms with Gasteiger partial charge in [-0.05, 0) is 26.0 Å². The van der Waals surface area contributed by atoms with Crippen molar-refractivity contribution in [2.75, 3.05) is 0 Å². The summed E-state index contributed by atoms with van der Waals surface area (Å²) in [6, 6.07) is 4.10. The van der Waals surface area contributed by atoms with E-state index in [1.165, 1.54) is 26.0 Å². The minimum atomic E-state index is -1.20. The van der Waals surface area contributed by atoms with Gasteiger partial charge in [0.25, 0.3) is 11.8 Å². The molecule has 21 heavy (non-hydrogen) atoms. The maximum atomic E-state index is 12.2. The summed E-state index contributed by atoms with van der Waals surface area (Å²) in [6.45, 7) is 2.68. The molecule has 0 fully saturated rings. The van der Waals surface area contributed by atoms with Crippen molar-refractivity contribution in [3.05, 3.63) is 35.4 Å². The number of imide groups is 1. The Morgan fingerprint density at radius 3 is 2.00 bits per heavy atom. The molecule has 1 heterocycles. The van der Waals surface area contributed by atoms with Crippen LogP contribution in [0.15, 0.2) is 24.3 Å². The van der Waals surface area contributed by atoms with E-state index in [2.05, 4.69) is 5.32 Å². The van der Waals surface area contributed by atoms with E-state index in [1.807, 2.05) is 0 Å². The minimum absolute atomic E-state index is 0.244. The Hall–Kier alpha value is -2.70. The zero-order valence-corrected chi connectivity index (χ0v) is 11.5. The number of fused-ring (bicyclic) bond motifs is 1. The van der Waals surface area contributed by atoms with Gasteiger partial charge in [0.15, 0.2) is 0 Å². The molecule has 2 atom stereocenters. The molecule has 1 aromatic rings. The average molecular weight is 290 g/mol. The van der Waals surface area contributed by atoms with Crippen LogP contribution in [-0.2, 0) is 9.59 Å². The van der Waals surface area contributed by atoms with Crippen molar-refractivity contribution in [3.8, 4) is 0 Å². The number of aliphatic carboxylic acids is 1. The molecule has 1 aromatic carbocycles. The molecule has 7 heteroatoms. The molecule has 0 saturated carbocycles. The first kappa shape index (κ1) is 14.7. The summed E-state index contributed by atoms with van der Waals surface area (Å²) >= 11 is 0. The topological polar surface area (TPSA) is 104 Å². The fourth-order valence-corrected chi connectivity index (χ4v) is 2.07. The highest BCUT2D eigenvalue weighted by molar-refractivity contribution is 6.22. The van der Waals surface area contributed by atoms with Gasteiger partial charge in [-0.3, -0.25) is 24.1 Å². The molecule has 0 aromatic heterocycles. The van der Waals surface area contributed by atoms with Gasteiger partial charge in [-0.15, -0.1) is 0 Å². The predicted octanol–water partition coefficient (Wildman–Crippen LogP) is 0.260. The Morgan fingerprint density at radius 2 is 1.57 bits per heavy atom. The summed E-state index contributed by atoms with van der Waals surface area (Å²) in [7, 11) is 0. The number of amides is 3. The molecule has 7 nitrogen and oxygen atoms in total. The molecular formula is C14H14N2O5. The highest BCUT2D eigenvalue weighted by Crippen LogP contribution is 2.24. The number of carboxylic acids is 1. The monoisotopic (exact) mass is 290 g/mol. The van der Waals surface area contributed by atoms with E-state index in [0.717, 1.165) is 4.90 Å². The van der Waals surface area contributed by atoms with E-state index in [9.17, 15) is 19.2 Å². The van der Waals surface area contributed by atoms with Crippen LogP contribution in [0.4, 0.5) is 0 Å². The first-order valence-electron chi connectivity index (χ1n) is 6.34. The number of carbonyl (C=O) groups is 4. The highest BCUT2D eigenvalue weighted by Gasteiger charge is 2.40. The van der Waals surface area contributed by atoms with E-state index in [0.29, 0.717) is 0 Å². The summed E-state index contributed by atoms with van der Waals surface area (Å²) in [5.41, 5.74) is 0.488. The van der Waals surface area contributed by atoms with Gasteiger partial charge in [0.05, 0.1) is 11.1 Å². The van der Waals surface area contributed by atoms with Crippen molar-refractivity contribution >= 4 is 23.7 Å². The number of hydrogen-bond donors (Lipinski definition) is 2. The van der Waals surface area contributed by atoms with E-state index in [-0.39, 0.29) is 11.1 Å². The van der Waals surface area contributed by atoms with Crippen molar-refractivity contribution < 1.29 is 24.3 Å². The smallest absolute Gasteiger partial charge is 0.325 e. The van der Waals surface area contributed by atoms with Crippen LogP contribution in [0.5, 0.6) is 0 Å². The Morgan fingerprint density at radius 1 is 1.10 bits per heavy atom. The van der Waals surface area contributed by atoms with E-state index in [1.54, 1.807) is 12.1 Å². The Kier molecular flexibility index (Phi) is 3.75. The molecule has 2 N–H and O–H groups in total. The molecular weight excluding hydrogens is 276 g/mol. The van der Waals surface area contributed by atoms with E-state index in [4.69, 9.17) is 5.11 Å². The summed E-state index contributed by atoms with van der Waals surface area (Å²) in [5, 5.41) is 11.0. The molecule has 0 spiro atoms. The average Bonchev–Trinajstić information content (AvgIpc) is 2.70. The number of carbonyl (C=O) groups excluding carboxylic acids is 3. The fraction of sp³-hybridized carbons (Fsp3) is 0.286. The SMILES string of the molecule is CC(NC(=O)C(C)N1C(=O)c2ccccc2C1=O)C(=O)O. The summed E-state index contributed by atoms with van der Waals surface area (Å²) in [5.74, 6) is -3.00. The lowest BCUT2D eigenvalue weighted by Gasteiger charge is -2.22. The number of carboxylic acid groups (broad SMARTS) is 1. The summed E-state index contributed by atoms with van der Waals surface area (Å²) in [6.07, 6.45) is 0. The van der Waals surface area contributed by atoms with Crippen LogP contribution in [-0.4, -0.2) is 45.8 Å². The molecule has 3 amide bonds. The van der Waals surface area contributed by atoms with Gasteiger partial charge >= 0.3 is 5.97 Å². The Labute approximate surface area is 120 Å². The molecule has 1 aliphatic heterocycles. The molecule has 0 saturated heterocycles. The fourth-order valence-electron chi connectivity index (χ4n) is 2.07. The number of hydrogen-bond acceptors (Lipinski definition) is 4. The van der Waals surface area contributed by atoms with Crippen molar-refractivity contribution in [1.29, 1.82) is 0 Å². The van der Waals surface area contributed by atoms with Crippen LogP contribution < -0.4 is 5.32 Å².